The molecule has 20 heavy (non-hydrogen) atoms. The van der Waals surface area contributed by atoms with Crippen molar-refractivity contribution < 1.29 is 8.78 Å². The summed E-state index contributed by atoms with van der Waals surface area (Å²) in [6.45, 7) is 1.54. The smallest absolute Gasteiger partial charge is 0.292 e. The highest BCUT2D eigenvalue weighted by Crippen LogP contribution is 2.29. The number of halogens is 2. The summed E-state index contributed by atoms with van der Waals surface area (Å²) in [6, 6.07) is 7.84. The largest absolute Gasteiger partial charge is 0.327 e. The molecular weight excluding hydrogens is 260 g/mol. The van der Waals surface area contributed by atoms with Gasteiger partial charge in [-0.2, -0.15) is 13.9 Å². The van der Waals surface area contributed by atoms with E-state index in [-0.39, 0.29) is 11.6 Å². The van der Waals surface area contributed by atoms with Crippen LogP contribution in [0.15, 0.2) is 42.7 Å². The van der Waals surface area contributed by atoms with Crippen LogP contribution in [0.2, 0.25) is 0 Å². The Hall–Kier alpha value is -1.75. The topological polar surface area (TPSA) is 43.8 Å². The van der Waals surface area contributed by atoms with E-state index in [4.69, 9.17) is 5.73 Å². The molecule has 0 amide bonds. The van der Waals surface area contributed by atoms with E-state index in [0.717, 1.165) is 12.0 Å². The molecule has 0 radical (unpaired) electrons. The van der Waals surface area contributed by atoms with Gasteiger partial charge in [-0.25, -0.2) is 0 Å². The van der Waals surface area contributed by atoms with Crippen molar-refractivity contribution in [3.8, 4) is 0 Å². The molecule has 0 fully saturated rings. The minimum Gasteiger partial charge on any atom is -0.327 e. The molecule has 0 saturated carbocycles. The highest BCUT2D eigenvalue weighted by molar-refractivity contribution is 5.20. The van der Waals surface area contributed by atoms with Crippen LogP contribution in [0.4, 0.5) is 8.78 Å². The lowest BCUT2D eigenvalue weighted by atomic mass is 10.1. The zero-order chi connectivity index (χ0) is 14.6. The van der Waals surface area contributed by atoms with Crippen molar-refractivity contribution in [3.63, 3.8) is 0 Å². The van der Waals surface area contributed by atoms with E-state index in [2.05, 4.69) is 5.10 Å². The Bertz CT molecular complexity index is 537. The van der Waals surface area contributed by atoms with Crippen LogP contribution >= 0.6 is 0 Å². The minimum atomic E-state index is -2.93. The predicted molar refractivity (Wildman–Crippen MR) is 74.5 cm³/mol. The summed E-state index contributed by atoms with van der Waals surface area (Å²) in [5, 5.41) is 4.00. The summed E-state index contributed by atoms with van der Waals surface area (Å²) < 4.78 is 29.5. The van der Waals surface area contributed by atoms with Gasteiger partial charge < -0.3 is 5.73 Å². The van der Waals surface area contributed by atoms with Gasteiger partial charge in [0.05, 0.1) is 6.20 Å². The van der Waals surface area contributed by atoms with Crippen molar-refractivity contribution in [1.82, 2.24) is 9.78 Å². The monoisotopic (exact) mass is 279 g/mol. The SMILES string of the molecule is CCC(N)Cc1cnn(CC(F)(F)c2ccccc2)c1. The quantitative estimate of drug-likeness (QED) is 0.883. The maximum Gasteiger partial charge on any atom is 0.292 e. The number of nitrogens with zero attached hydrogens (tertiary/aromatic N) is 2. The number of aromatic nitrogens is 2. The molecule has 0 spiro atoms. The highest BCUT2D eigenvalue weighted by atomic mass is 19.3. The van der Waals surface area contributed by atoms with Gasteiger partial charge in [-0.05, 0) is 18.4 Å². The van der Waals surface area contributed by atoms with Crippen LogP contribution in [-0.4, -0.2) is 15.8 Å². The molecule has 5 heteroatoms. The van der Waals surface area contributed by atoms with Crippen molar-refractivity contribution in [2.45, 2.75) is 38.3 Å². The number of nitrogens with two attached hydrogens (primary N) is 1. The molecule has 0 aliphatic heterocycles. The molecule has 1 atom stereocenters. The minimum absolute atomic E-state index is 0.00214. The van der Waals surface area contributed by atoms with Crippen LogP contribution in [0, 0.1) is 0 Å². The van der Waals surface area contributed by atoms with Gasteiger partial charge >= 0.3 is 0 Å². The molecule has 1 heterocycles. The van der Waals surface area contributed by atoms with E-state index < -0.39 is 12.5 Å². The molecule has 0 aliphatic rings. The van der Waals surface area contributed by atoms with Crippen LogP contribution in [0.1, 0.15) is 24.5 Å². The Labute approximate surface area is 117 Å². The van der Waals surface area contributed by atoms with Crippen molar-refractivity contribution in [2.75, 3.05) is 0 Å². The number of hydrogen-bond acceptors (Lipinski definition) is 2. The Morgan fingerprint density at radius 2 is 2.00 bits per heavy atom. The molecule has 0 bridgehead atoms. The normalized spacial score (nSPS) is 13.4. The van der Waals surface area contributed by atoms with Crippen LogP contribution in [0.25, 0.3) is 0 Å². The standard InChI is InChI=1S/C15H19F2N3/c1-2-14(18)8-12-9-19-20(10-12)11-15(16,17)13-6-4-3-5-7-13/h3-7,9-10,14H,2,8,11,18H2,1H3. The second-order valence-corrected chi connectivity index (χ2v) is 4.99. The van der Waals surface area contributed by atoms with Gasteiger partial charge in [-0.1, -0.05) is 37.3 Å². The van der Waals surface area contributed by atoms with E-state index in [1.54, 1.807) is 30.6 Å². The first-order valence-electron chi connectivity index (χ1n) is 6.71. The van der Waals surface area contributed by atoms with Gasteiger partial charge in [-0.3, -0.25) is 4.68 Å². The van der Waals surface area contributed by atoms with E-state index in [1.807, 2.05) is 6.92 Å². The Kier molecular flexibility index (Phi) is 4.49. The molecule has 108 valence electrons. The molecule has 2 rings (SSSR count). The zero-order valence-electron chi connectivity index (χ0n) is 11.5. The van der Waals surface area contributed by atoms with Crippen molar-refractivity contribution in [3.05, 3.63) is 53.9 Å². The summed E-state index contributed by atoms with van der Waals surface area (Å²) in [4.78, 5) is 0. The number of benzene rings is 1. The molecule has 0 saturated heterocycles. The lowest BCUT2D eigenvalue weighted by Crippen LogP contribution is -2.22. The molecule has 3 nitrogen and oxygen atoms in total. The van der Waals surface area contributed by atoms with Crippen LogP contribution in [0.5, 0.6) is 0 Å². The molecular formula is C15H19F2N3. The van der Waals surface area contributed by atoms with Crippen molar-refractivity contribution in [1.29, 1.82) is 0 Å². The summed E-state index contributed by atoms with van der Waals surface area (Å²) in [6.07, 6.45) is 4.77. The maximum absolute atomic E-state index is 14.1. The van der Waals surface area contributed by atoms with Crippen LogP contribution in [-0.2, 0) is 18.9 Å². The Morgan fingerprint density at radius 1 is 1.30 bits per heavy atom. The third kappa shape index (κ3) is 3.63. The Morgan fingerprint density at radius 3 is 2.65 bits per heavy atom. The third-order valence-electron chi connectivity index (χ3n) is 3.27. The summed E-state index contributed by atoms with van der Waals surface area (Å²) >= 11 is 0. The second kappa shape index (κ2) is 6.13. The average molecular weight is 279 g/mol. The van der Waals surface area contributed by atoms with Gasteiger partial charge in [0.1, 0.15) is 6.54 Å². The van der Waals surface area contributed by atoms with Gasteiger partial charge in [-0.15, -0.1) is 0 Å². The second-order valence-electron chi connectivity index (χ2n) is 4.99. The van der Waals surface area contributed by atoms with E-state index in [9.17, 15) is 8.78 Å². The predicted octanol–water partition coefficient (Wildman–Crippen LogP) is 2.95. The molecule has 2 aromatic rings. The van der Waals surface area contributed by atoms with E-state index in [1.165, 1.54) is 16.8 Å². The number of rotatable bonds is 6. The van der Waals surface area contributed by atoms with E-state index >= 15 is 0 Å². The summed E-state index contributed by atoms with van der Waals surface area (Å²) in [5.74, 6) is -2.93. The van der Waals surface area contributed by atoms with E-state index in [0.29, 0.717) is 6.42 Å². The molecule has 1 aromatic heterocycles. The van der Waals surface area contributed by atoms with Crippen LogP contribution in [0.3, 0.4) is 0 Å². The first kappa shape index (κ1) is 14.7. The molecule has 2 N–H and O–H groups in total. The molecule has 0 aliphatic carbocycles. The van der Waals surface area contributed by atoms with Crippen LogP contribution < -0.4 is 5.73 Å². The van der Waals surface area contributed by atoms with Gasteiger partial charge in [0.2, 0.25) is 0 Å². The molecule has 1 unspecified atom stereocenters. The first-order chi connectivity index (χ1) is 9.51. The van der Waals surface area contributed by atoms with Gasteiger partial charge in [0, 0.05) is 17.8 Å². The summed E-state index contributed by atoms with van der Waals surface area (Å²) in [5.41, 5.74) is 6.74. The summed E-state index contributed by atoms with van der Waals surface area (Å²) in [7, 11) is 0. The highest BCUT2D eigenvalue weighted by Gasteiger charge is 2.32. The number of hydrogen-bond donors (Lipinski definition) is 1. The lowest BCUT2D eigenvalue weighted by Gasteiger charge is -2.16. The first-order valence-corrected chi connectivity index (χ1v) is 6.71. The third-order valence-corrected chi connectivity index (χ3v) is 3.27. The molecule has 1 aromatic carbocycles. The fraction of sp³-hybridized carbons (Fsp3) is 0.400. The van der Waals surface area contributed by atoms with Crippen molar-refractivity contribution >= 4 is 0 Å². The average Bonchev–Trinajstić information content (AvgIpc) is 2.86. The maximum atomic E-state index is 14.1. The zero-order valence-corrected chi connectivity index (χ0v) is 11.5. The fourth-order valence-electron chi connectivity index (χ4n) is 2.02. The number of alkyl halides is 2. The van der Waals surface area contributed by atoms with Gasteiger partial charge in [0.15, 0.2) is 0 Å². The Balaban J connectivity index is 2.06. The fourth-order valence-corrected chi connectivity index (χ4v) is 2.02. The van der Waals surface area contributed by atoms with Crippen molar-refractivity contribution in [2.24, 2.45) is 5.73 Å². The lowest BCUT2D eigenvalue weighted by molar-refractivity contribution is -0.0254. The van der Waals surface area contributed by atoms with Gasteiger partial charge in [0.25, 0.3) is 5.92 Å².